The van der Waals surface area contributed by atoms with Crippen molar-refractivity contribution in [3.8, 4) is 0 Å². The second-order valence-corrected chi connectivity index (χ2v) is 4.74. The zero-order valence-corrected chi connectivity index (χ0v) is 9.83. The van der Waals surface area contributed by atoms with Gasteiger partial charge in [0.1, 0.15) is 10.7 Å². The summed E-state index contributed by atoms with van der Waals surface area (Å²) in [5.41, 5.74) is 8.07. The standard InChI is InChI=1S/C10H16N2O2S/c1-12(2)6-8-3-4-9(7-15(13)14)10(11)5-8/h3-5,15H,6-7,11H2,1-2H3. The third kappa shape index (κ3) is 3.89. The highest BCUT2D eigenvalue weighted by Gasteiger charge is 2.02. The highest BCUT2D eigenvalue weighted by molar-refractivity contribution is 7.71. The van der Waals surface area contributed by atoms with Crippen molar-refractivity contribution in [3.05, 3.63) is 29.3 Å². The summed E-state index contributed by atoms with van der Waals surface area (Å²) in [6.07, 6.45) is 0. The van der Waals surface area contributed by atoms with Gasteiger partial charge in [-0.3, -0.25) is 0 Å². The smallest absolute Gasteiger partial charge is 0.144 e. The van der Waals surface area contributed by atoms with E-state index in [1.807, 2.05) is 31.1 Å². The van der Waals surface area contributed by atoms with Gasteiger partial charge in [-0.1, -0.05) is 12.1 Å². The Morgan fingerprint density at radius 2 is 2.00 bits per heavy atom. The molecule has 5 heteroatoms. The Morgan fingerprint density at radius 1 is 1.33 bits per heavy atom. The van der Waals surface area contributed by atoms with E-state index in [0.29, 0.717) is 11.3 Å². The first-order chi connectivity index (χ1) is 6.99. The summed E-state index contributed by atoms with van der Waals surface area (Å²) in [6, 6.07) is 5.51. The van der Waals surface area contributed by atoms with Gasteiger partial charge >= 0.3 is 0 Å². The van der Waals surface area contributed by atoms with E-state index in [2.05, 4.69) is 0 Å². The van der Waals surface area contributed by atoms with Crippen LogP contribution in [0.15, 0.2) is 18.2 Å². The van der Waals surface area contributed by atoms with E-state index < -0.39 is 10.7 Å². The molecule has 1 rings (SSSR count). The molecule has 0 aromatic heterocycles. The van der Waals surface area contributed by atoms with Crippen molar-refractivity contribution in [2.24, 2.45) is 0 Å². The van der Waals surface area contributed by atoms with Crippen molar-refractivity contribution in [1.82, 2.24) is 4.90 Å². The number of nitrogens with two attached hydrogens (primary N) is 1. The van der Waals surface area contributed by atoms with Gasteiger partial charge in [-0.05, 0) is 31.3 Å². The molecule has 0 aliphatic carbocycles. The van der Waals surface area contributed by atoms with Crippen molar-refractivity contribution in [3.63, 3.8) is 0 Å². The quantitative estimate of drug-likeness (QED) is 0.580. The molecule has 0 atom stereocenters. The summed E-state index contributed by atoms with van der Waals surface area (Å²) >= 11 is 0. The van der Waals surface area contributed by atoms with Crippen LogP contribution in [-0.4, -0.2) is 27.4 Å². The van der Waals surface area contributed by atoms with E-state index in [1.54, 1.807) is 6.07 Å². The molecule has 0 radical (unpaired) electrons. The molecule has 0 heterocycles. The molecule has 0 saturated carbocycles. The van der Waals surface area contributed by atoms with E-state index in [9.17, 15) is 8.42 Å². The van der Waals surface area contributed by atoms with Crippen molar-refractivity contribution < 1.29 is 8.42 Å². The Labute approximate surface area is 91.6 Å². The highest BCUT2D eigenvalue weighted by Crippen LogP contribution is 2.15. The molecule has 0 amide bonds. The minimum atomic E-state index is -2.41. The van der Waals surface area contributed by atoms with Gasteiger partial charge in [0, 0.05) is 12.2 Å². The fourth-order valence-corrected chi connectivity index (χ4v) is 1.96. The maximum atomic E-state index is 10.6. The molecule has 15 heavy (non-hydrogen) atoms. The Bertz CT molecular complexity index is 406. The molecule has 2 N–H and O–H groups in total. The zero-order chi connectivity index (χ0) is 11.4. The lowest BCUT2D eigenvalue weighted by Gasteiger charge is -2.11. The summed E-state index contributed by atoms with van der Waals surface area (Å²) in [6.45, 7) is 0.800. The van der Waals surface area contributed by atoms with Crippen LogP contribution in [0.5, 0.6) is 0 Å². The Kier molecular flexibility index (Phi) is 4.11. The topological polar surface area (TPSA) is 63.4 Å². The lowest BCUT2D eigenvalue weighted by molar-refractivity contribution is 0.402. The molecule has 0 bridgehead atoms. The first-order valence-corrected chi connectivity index (χ1v) is 5.99. The Balaban J connectivity index is 2.87. The SMILES string of the molecule is CN(C)Cc1ccc(C[SH](=O)=O)c(N)c1. The van der Waals surface area contributed by atoms with Gasteiger partial charge < -0.3 is 10.6 Å². The summed E-state index contributed by atoms with van der Waals surface area (Å²) in [7, 11) is 1.53. The van der Waals surface area contributed by atoms with Gasteiger partial charge in [-0.15, -0.1) is 0 Å². The van der Waals surface area contributed by atoms with Crippen LogP contribution in [0.2, 0.25) is 0 Å². The van der Waals surface area contributed by atoms with Crippen LogP contribution >= 0.6 is 0 Å². The fourth-order valence-electron chi connectivity index (χ4n) is 1.39. The molecule has 0 fully saturated rings. The third-order valence-electron chi connectivity index (χ3n) is 2.01. The summed E-state index contributed by atoms with van der Waals surface area (Å²) in [4.78, 5) is 2.03. The summed E-state index contributed by atoms with van der Waals surface area (Å²) < 4.78 is 21.1. The number of nitrogen functional groups attached to an aromatic ring is 1. The Morgan fingerprint density at radius 3 is 2.47 bits per heavy atom. The molecule has 0 aliphatic heterocycles. The summed E-state index contributed by atoms with van der Waals surface area (Å²) in [5.74, 6) is 0.0173. The molecule has 1 aromatic carbocycles. The van der Waals surface area contributed by atoms with Crippen LogP contribution in [0.25, 0.3) is 0 Å². The maximum absolute atomic E-state index is 10.6. The van der Waals surface area contributed by atoms with Gasteiger partial charge in [0.25, 0.3) is 0 Å². The molecule has 0 spiro atoms. The average molecular weight is 228 g/mol. The fraction of sp³-hybridized carbons (Fsp3) is 0.400. The average Bonchev–Trinajstić information content (AvgIpc) is 2.08. The van der Waals surface area contributed by atoms with Gasteiger partial charge in [0.15, 0.2) is 0 Å². The second kappa shape index (κ2) is 5.14. The molecule has 0 unspecified atom stereocenters. The Hall–Kier alpha value is -1.07. The molecular formula is C10H16N2O2S. The van der Waals surface area contributed by atoms with Crippen molar-refractivity contribution in [2.45, 2.75) is 12.3 Å². The van der Waals surface area contributed by atoms with E-state index in [1.165, 1.54) is 0 Å². The van der Waals surface area contributed by atoms with E-state index in [0.717, 1.165) is 12.1 Å². The summed E-state index contributed by atoms with van der Waals surface area (Å²) in [5, 5.41) is 0. The van der Waals surface area contributed by atoms with Crippen LogP contribution < -0.4 is 5.73 Å². The lowest BCUT2D eigenvalue weighted by atomic mass is 10.1. The van der Waals surface area contributed by atoms with Crippen LogP contribution in [0.3, 0.4) is 0 Å². The number of rotatable bonds is 4. The lowest BCUT2D eigenvalue weighted by Crippen LogP contribution is -2.11. The van der Waals surface area contributed by atoms with Crippen LogP contribution in [-0.2, 0) is 23.0 Å². The number of thiol groups is 1. The van der Waals surface area contributed by atoms with E-state index in [-0.39, 0.29) is 5.75 Å². The van der Waals surface area contributed by atoms with E-state index in [4.69, 9.17) is 5.73 Å². The number of benzene rings is 1. The predicted molar refractivity (Wildman–Crippen MR) is 62.3 cm³/mol. The van der Waals surface area contributed by atoms with Gasteiger partial charge in [0.05, 0.1) is 5.75 Å². The van der Waals surface area contributed by atoms with Crippen molar-refractivity contribution in [1.29, 1.82) is 0 Å². The van der Waals surface area contributed by atoms with Gasteiger partial charge in [-0.2, -0.15) is 0 Å². The minimum Gasteiger partial charge on any atom is -0.398 e. The molecular weight excluding hydrogens is 212 g/mol. The monoisotopic (exact) mass is 228 g/mol. The number of nitrogens with zero attached hydrogens (tertiary/aromatic N) is 1. The molecule has 0 saturated heterocycles. The second-order valence-electron chi connectivity index (χ2n) is 3.76. The molecule has 4 nitrogen and oxygen atoms in total. The number of hydrogen-bond acceptors (Lipinski definition) is 4. The first-order valence-electron chi connectivity index (χ1n) is 4.63. The predicted octanol–water partition coefficient (Wildman–Crippen LogP) is 0.442. The van der Waals surface area contributed by atoms with Crippen molar-refractivity contribution in [2.75, 3.05) is 19.8 Å². The maximum Gasteiger partial charge on any atom is 0.144 e. The minimum absolute atomic E-state index is 0.0173. The zero-order valence-electron chi connectivity index (χ0n) is 8.93. The third-order valence-corrected chi connectivity index (χ3v) is 2.61. The van der Waals surface area contributed by atoms with Crippen LogP contribution in [0, 0.1) is 0 Å². The highest BCUT2D eigenvalue weighted by atomic mass is 32.2. The number of hydrogen-bond donors (Lipinski definition) is 2. The molecule has 0 aliphatic rings. The van der Waals surface area contributed by atoms with E-state index >= 15 is 0 Å². The van der Waals surface area contributed by atoms with Gasteiger partial charge in [-0.25, -0.2) is 8.42 Å². The normalized spacial score (nSPS) is 11.2. The van der Waals surface area contributed by atoms with Crippen molar-refractivity contribution >= 4 is 16.4 Å². The largest absolute Gasteiger partial charge is 0.398 e. The van der Waals surface area contributed by atoms with Crippen LogP contribution in [0.1, 0.15) is 11.1 Å². The first kappa shape index (κ1) is 12.0. The van der Waals surface area contributed by atoms with Crippen LogP contribution in [0.4, 0.5) is 5.69 Å². The number of anilines is 1. The molecule has 84 valence electrons. The molecule has 1 aromatic rings. The van der Waals surface area contributed by atoms with Gasteiger partial charge in [0.2, 0.25) is 0 Å².